The molecule has 0 aromatic carbocycles. The lowest BCUT2D eigenvalue weighted by Crippen LogP contribution is -2.47. The molecular weight excluding hydrogens is 174 g/mol. The van der Waals surface area contributed by atoms with Crippen molar-refractivity contribution >= 4 is 0 Å². The molecule has 2 heteroatoms. The van der Waals surface area contributed by atoms with E-state index >= 15 is 0 Å². The van der Waals surface area contributed by atoms with E-state index in [1.54, 1.807) is 0 Å². The van der Waals surface area contributed by atoms with Crippen LogP contribution in [0.5, 0.6) is 0 Å². The lowest BCUT2D eigenvalue weighted by Gasteiger charge is -2.34. The summed E-state index contributed by atoms with van der Waals surface area (Å²) >= 11 is 0. The zero-order chi connectivity index (χ0) is 10.6. The van der Waals surface area contributed by atoms with Gasteiger partial charge < -0.3 is 10.4 Å². The van der Waals surface area contributed by atoms with Gasteiger partial charge in [-0.15, -0.1) is 0 Å². The van der Waals surface area contributed by atoms with E-state index in [0.29, 0.717) is 6.04 Å². The van der Waals surface area contributed by atoms with Crippen molar-refractivity contribution in [2.45, 2.75) is 71.1 Å². The van der Waals surface area contributed by atoms with E-state index in [-0.39, 0.29) is 12.1 Å². The van der Waals surface area contributed by atoms with Crippen LogP contribution in [0.1, 0.15) is 52.9 Å². The molecule has 0 heterocycles. The van der Waals surface area contributed by atoms with Crippen molar-refractivity contribution in [2.75, 3.05) is 0 Å². The lowest BCUT2D eigenvalue weighted by atomic mass is 9.82. The largest absolute Gasteiger partial charge is 0.392 e. The Morgan fingerprint density at radius 2 is 1.93 bits per heavy atom. The third kappa shape index (κ3) is 3.25. The molecule has 0 amide bonds. The summed E-state index contributed by atoms with van der Waals surface area (Å²) in [5, 5.41) is 13.0. The highest BCUT2D eigenvalue weighted by molar-refractivity contribution is 4.83. The first-order chi connectivity index (χ1) is 6.65. The standard InChI is InChI=1S/C12H25NO/c1-4-11-7-5-6-8-12(11)13-9(2)10(3)14/h9-14H,4-8H2,1-3H3. The highest BCUT2D eigenvalue weighted by Gasteiger charge is 2.25. The summed E-state index contributed by atoms with van der Waals surface area (Å²) in [6.07, 6.45) is 6.41. The third-order valence-electron chi connectivity index (χ3n) is 3.63. The molecule has 1 saturated carbocycles. The van der Waals surface area contributed by atoms with Crippen LogP contribution in [-0.4, -0.2) is 23.3 Å². The van der Waals surface area contributed by atoms with Gasteiger partial charge in [-0.1, -0.05) is 26.2 Å². The topological polar surface area (TPSA) is 32.3 Å². The van der Waals surface area contributed by atoms with Gasteiger partial charge in [0.1, 0.15) is 0 Å². The first-order valence-electron chi connectivity index (χ1n) is 6.09. The molecule has 0 aromatic heterocycles. The molecule has 4 atom stereocenters. The summed E-state index contributed by atoms with van der Waals surface area (Å²) in [5.74, 6) is 0.824. The maximum Gasteiger partial charge on any atom is 0.0662 e. The quantitative estimate of drug-likeness (QED) is 0.728. The zero-order valence-corrected chi connectivity index (χ0v) is 9.79. The Balaban J connectivity index is 2.40. The van der Waals surface area contributed by atoms with E-state index in [0.717, 1.165) is 5.92 Å². The molecule has 1 aliphatic rings. The van der Waals surface area contributed by atoms with Crippen molar-refractivity contribution < 1.29 is 5.11 Å². The third-order valence-corrected chi connectivity index (χ3v) is 3.63. The van der Waals surface area contributed by atoms with Gasteiger partial charge in [-0.25, -0.2) is 0 Å². The Kier molecular flexibility index (Phi) is 4.90. The SMILES string of the molecule is CCC1CCCCC1NC(C)C(C)O. The highest BCUT2D eigenvalue weighted by atomic mass is 16.3. The first kappa shape index (κ1) is 12.0. The minimum absolute atomic E-state index is 0.229. The summed E-state index contributed by atoms with van der Waals surface area (Å²) in [4.78, 5) is 0. The van der Waals surface area contributed by atoms with Crippen LogP contribution in [0.2, 0.25) is 0 Å². The molecule has 1 fully saturated rings. The van der Waals surface area contributed by atoms with Crippen LogP contribution in [0.25, 0.3) is 0 Å². The minimum atomic E-state index is -0.241. The van der Waals surface area contributed by atoms with Crippen LogP contribution < -0.4 is 5.32 Å². The number of hydrogen-bond donors (Lipinski definition) is 2. The zero-order valence-electron chi connectivity index (χ0n) is 9.79. The molecule has 2 nitrogen and oxygen atoms in total. The molecule has 0 bridgehead atoms. The van der Waals surface area contributed by atoms with Crippen molar-refractivity contribution in [1.82, 2.24) is 5.32 Å². The lowest BCUT2D eigenvalue weighted by molar-refractivity contribution is 0.128. The highest BCUT2D eigenvalue weighted by Crippen LogP contribution is 2.27. The van der Waals surface area contributed by atoms with E-state index < -0.39 is 0 Å². The van der Waals surface area contributed by atoms with E-state index in [1.807, 2.05) is 6.92 Å². The fourth-order valence-electron chi connectivity index (χ4n) is 2.39. The number of aliphatic hydroxyl groups excluding tert-OH is 1. The summed E-state index contributed by atoms with van der Waals surface area (Å²) in [6.45, 7) is 6.21. The minimum Gasteiger partial charge on any atom is -0.392 e. The van der Waals surface area contributed by atoms with Gasteiger partial charge >= 0.3 is 0 Å². The van der Waals surface area contributed by atoms with E-state index in [2.05, 4.69) is 19.2 Å². The predicted molar refractivity (Wildman–Crippen MR) is 60.3 cm³/mol. The fraction of sp³-hybridized carbons (Fsp3) is 1.00. The van der Waals surface area contributed by atoms with Crippen molar-refractivity contribution in [3.8, 4) is 0 Å². The molecule has 14 heavy (non-hydrogen) atoms. The number of rotatable bonds is 4. The monoisotopic (exact) mass is 199 g/mol. The van der Waals surface area contributed by atoms with Gasteiger partial charge in [-0.2, -0.15) is 0 Å². The molecule has 0 spiro atoms. The molecule has 1 rings (SSSR count). The fourth-order valence-corrected chi connectivity index (χ4v) is 2.39. The molecule has 84 valence electrons. The van der Waals surface area contributed by atoms with Crippen LogP contribution in [0.15, 0.2) is 0 Å². The van der Waals surface area contributed by atoms with E-state index in [4.69, 9.17) is 0 Å². The van der Waals surface area contributed by atoms with Gasteiger partial charge in [-0.3, -0.25) is 0 Å². The van der Waals surface area contributed by atoms with Crippen LogP contribution in [0.3, 0.4) is 0 Å². The smallest absolute Gasteiger partial charge is 0.0662 e. The molecule has 4 unspecified atom stereocenters. The molecule has 0 aliphatic heterocycles. The average molecular weight is 199 g/mol. The van der Waals surface area contributed by atoms with Gasteiger partial charge in [0.05, 0.1) is 6.10 Å². The molecule has 2 N–H and O–H groups in total. The van der Waals surface area contributed by atoms with E-state index in [9.17, 15) is 5.11 Å². The molecule has 1 aliphatic carbocycles. The molecule has 0 radical (unpaired) electrons. The second kappa shape index (κ2) is 5.72. The molecule has 0 aromatic rings. The summed E-state index contributed by atoms with van der Waals surface area (Å²) in [6, 6.07) is 0.866. The second-order valence-corrected chi connectivity index (χ2v) is 4.76. The second-order valence-electron chi connectivity index (χ2n) is 4.76. The number of nitrogens with one attached hydrogen (secondary N) is 1. The molecule has 0 saturated heterocycles. The van der Waals surface area contributed by atoms with Gasteiger partial charge in [0, 0.05) is 12.1 Å². The maximum absolute atomic E-state index is 9.45. The Labute approximate surface area is 88.1 Å². The number of aliphatic hydroxyl groups is 1. The Bertz CT molecular complexity index is 158. The van der Waals surface area contributed by atoms with Crippen molar-refractivity contribution in [3.05, 3.63) is 0 Å². The average Bonchev–Trinajstić information content (AvgIpc) is 2.18. The number of hydrogen-bond acceptors (Lipinski definition) is 2. The summed E-state index contributed by atoms with van der Waals surface area (Å²) in [7, 11) is 0. The van der Waals surface area contributed by atoms with Crippen molar-refractivity contribution in [2.24, 2.45) is 5.92 Å². The summed E-state index contributed by atoms with van der Waals surface area (Å²) < 4.78 is 0. The Morgan fingerprint density at radius 1 is 1.29 bits per heavy atom. The van der Waals surface area contributed by atoms with Gasteiger partial charge in [0.15, 0.2) is 0 Å². The van der Waals surface area contributed by atoms with Crippen molar-refractivity contribution in [3.63, 3.8) is 0 Å². The van der Waals surface area contributed by atoms with Crippen LogP contribution in [-0.2, 0) is 0 Å². The summed E-state index contributed by atoms with van der Waals surface area (Å²) in [5.41, 5.74) is 0. The van der Waals surface area contributed by atoms with Crippen molar-refractivity contribution in [1.29, 1.82) is 0 Å². The normalized spacial score (nSPS) is 32.6. The first-order valence-corrected chi connectivity index (χ1v) is 6.09. The van der Waals surface area contributed by atoms with E-state index in [1.165, 1.54) is 32.1 Å². The maximum atomic E-state index is 9.45. The van der Waals surface area contributed by atoms with Gasteiger partial charge in [-0.05, 0) is 32.6 Å². The van der Waals surface area contributed by atoms with Crippen LogP contribution in [0, 0.1) is 5.92 Å². The van der Waals surface area contributed by atoms with Gasteiger partial charge in [0.2, 0.25) is 0 Å². The van der Waals surface area contributed by atoms with Gasteiger partial charge in [0.25, 0.3) is 0 Å². The Hall–Kier alpha value is -0.0800. The predicted octanol–water partition coefficient (Wildman–Crippen LogP) is 2.31. The van der Waals surface area contributed by atoms with Crippen LogP contribution in [0.4, 0.5) is 0 Å². The Morgan fingerprint density at radius 3 is 2.50 bits per heavy atom. The van der Waals surface area contributed by atoms with Crippen LogP contribution >= 0.6 is 0 Å². The molecular formula is C12H25NO.